The second-order valence-corrected chi connectivity index (χ2v) is 6.92. The lowest BCUT2D eigenvalue weighted by Crippen LogP contribution is -2.38. The molecule has 6 nitrogen and oxygen atoms in total. The number of carbonyl (C=O) groups is 1. The highest BCUT2D eigenvalue weighted by atomic mass is 35.5. The molecule has 1 fully saturated rings. The molecule has 3 rings (SSSR count). The van der Waals surface area contributed by atoms with Gasteiger partial charge in [-0.2, -0.15) is 0 Å². The number of amides is 1. The number of carbonyl (C=O) groups excluding carboxylic acids is 1. The average Bonchev–Trinajstić information content (AvgIpc) is 2.63. The average molecular weight is 374 g/mol. The molecule has 1 aliphatic rings. The van der Waals surface area contributed by atoms with Gasteiger partial charge in [-0.3, -0.25) is 14.9 Å². The predicted octanol–water partition coefficient (Wildman–Crippen LogP) is 4.41. The Balaban J connectivity index is 1.62. The summed E-state index contributed by atoms with van der Waals surface area (Å²) in [5, 5.41) is 14.5. The van der Waals surface area contributed by atoms with Crippen LogP contribution in [0.25, 0.3) is 0 Å². The number of nitrogens with one attached hydrogen (secondary N) is 1. The molecule has 0 saturated carbocycles. The third kappa shape index (κ3) is 4.14. The van der Waals surface area contributed by atoms with Gasteiger partial charge in [0, 0.05) is 41.9 Å². The summed E-state index contributed by atoms with van der Waals surface area (Å²) in [5.74, 6) is -0.191. The number of nitro groups is 1. The monoisotopic (exact) mass is 373 g/mol. The first-order valence-corrected chi connectivity index (χ1v) is 8.88. The van der Waals surface area contributed by atoms with Gasteiger partial charge in [-0.05, 0) is 43.5 Å². The maximum Gasteiger partial charge on any atom is 0.271 e. The summed E-state index contributed by atoms with van der Waals surface area (Å²) in [6, 6.07) is 12.2. The highest BCUT2D eigenvalue weighted by Crippen LogP contribution is 2.27. The molecule has 0 aliphatic carbocycles. The highest BCUT2D eigenvalue weighted by Gasteiger charge is 2.26. The number of nitro benzene ring substituents is 1. The molecule has 0 aromatic heterocycles. The third-order valence-electron chi connectivity index (χ3n) is 4.73. The predicted molar refractivity (Wildman–Crippen MR) is 103 cm³/mol. The Bertz CT molecular complexity index is 833. The maximum absolute atomic E-state index is 12.6. The van der Waals surface area contributed by atoms with E-state index in [1.165, 1.54) is 12.1 Å². The summed E-state index contributed by atoms with van der Waals surface area (Å²) in [7, 11) is 0. The van der Waals surface area contributed by atoms with Crippen LogP contribution in [0, 0.1) is 23.0 Å². The summed E-state index contributed by atoms with van der Waals surface area (Å²) in [5.41, 5.74) is 2.34. The van der Waals surface area contributed by atoms with Crippen LogP contribution in [0.2, 0.25) is 5.02 Å². The molecule has 0 radical (unpaired) electrons. The van der Waals surface area contributed by atoms with Gasteiger partial charge in [0.25, 0.3) is 5.69 Å². The van der Waals surface area contributed by atoms with Crippen molar-refractivity contribution in [3.63, 3.8) is 0 Å². The Kier molecular flexibility index (Phi) is 5.42. The van der Waals surface area contributed by atoms with Crippen molar-refractivity contribution in [2.75, 3.05) is 23.3 Å². The summed E-state index contributed by atoms with van der Waals surface area (Å²) in [4.78, 5) is 25.3. The summed E-state index contributed by atoms with van der Waals surface area (Å²) in [6.45, 7) is 3.36. The second-order valence-electron chi connectivity index (χ2n) is 6.49. The van der Waals surface area contributed by atoms with E-state index in [-0.39, 0.29) is 17.5 Å². The number of anilines is 2. The molecule has 7 heteroatoms. The Morgan fingerprint density at radius 1 is 1.23 bits per heavy atom. The van der Waals surface area contributed by atoms with Gasteiger partial charge in [0.05, 0.1) is 10.6 Å². The topological polar surface area (TPSA) is 75.5 Å². The molecule has 26 heavy (non-hydrogen) atoms. The van der Waals surface area contributed by atoms with Gasteiger partial charge < -0.3 is 10.2 Å². The van der Waals surface area contributed by atoms with Crippen LogP contribution >= 0.6 is 11.6 Å². The van der Waals surface area contributed by atoms with Gasteiger partial charge in [-0.1, -0.05) is 23.7 Å². The first-order chi connectivity index (χ1) is 12.4. The molecule has 2 aromatic carbocycles. The van der Waals surface area contributed by atoms with Crippen molar-refractivity contribution < 1.29 is 9.72 Å². The van der Waals surface area contributed by atoms with Gasteiger partial charge in [0.2, 0.25) is 5.91 Å². The van der Waals surface area contributed by atoms with E-state index in [9.17, 15) is 14.9 Å². The first-order valence-electron chi connectivity index (χ1n) is 8.50. The zero-order valence-electron chi connectivity index (χ0n) is 14.4. The highest BCUT2D eigenvalue weighted by molar-refractivity contribution is 6.30. The molecule has 1 aliphatic heterocycles. The molecule has 0 spiro atoms. The summed E-state index contributed by atoms with van der Waals surface area (Å²) >= 11 is 6.04. The third-order valence-corrected chi connectivity index (χ3v) is 4.96. The van der Waals surface area contributed by atoms with Crippen LogP contribution in [0.4, 0.5) is 17.1 Å². The van der Waals surface area contributed by atoms with Gasteiger partial charge in [0.1, 0.15) is 0 Å². The van der Waals surface area contributed by atoms with Crippen molar-refractivity contribution in [3.05, 3.63) is 63.2 Å². The van der Waals surface area contributed by atoms with E-state index in [1.54, 1.807) is 6.07 Å². The molecule has 1 saturated heterocycles. The van der Waals surface area contributed by atoms with E-state index >= 15 is 0 Å². The lowest BCUT2D eigenvalue weighted by Gasteiger charge is -2.33. The van der Waals surface area contributed by atoms with Crippen molar-refractivity contribution in [3.8, 4) is 0 Å². The fourth-order valence-corrected chi connectivity index (χ4v) is 3.35. The lowest BCUT2D eigenvalue weighted by molar-refractivity contribution is -0.384. The molecule has 1 heterocycles. The lowest BCUT2D eigenvalue weighted by atomic mass is 9.95. The van der Waals surface area contributed by atoms with Gasteiger partial charge in [-0.25, -0.2) is 0 Å². The van der Waals surface area contributed by atoms with Crippen LogP contribution in [0.15, 0.2) is 42.5 Å². The van der Waals surface area contributed by atoms with E-state index in [4.69, 9.17) is 11.6 Å². The number of piperidine rings is 1. The number of hydrogen-bond donors (Lipinski definition) is 1. The van der Waals surface area contributed by atoms with Crippen LogP contribution in [0.5, 0.6) is 0 Å². The first kappa shape index (κ1) is 18.2. The Morgan fingerprint density at radius 3 is 2.62 bits per heavy atom. The summed E-state index contributed by atoms with van der Waals surface area (Å²) < 4.78 is 0. The molecule has 136 valence electrons. The number of halogens is 1. The zero-order valence-corrected chi connectivity index (χ0v) is 15.2. The number of benzene rings is 2. The minimum absolute atomic E-state index is 0.0262. The minimum Gasteiger partial charge on any atom is -0.371 e. The number of nitrogens with zero attached hydrogens (tertiary/aromatic N) is 2. The maximum atomic E-state index is 12.6. The van der Waals surface area contributed by atoms with Gasteiger partial charge in [-0.15, -0.1) is 0 Å². The van der Waals surface area contributed by atoms with Crippen molar-refractivity contribution in [2.24, 2.45) is 5.92 Å². The second kappa shape index (κ2) is 7.74. The van der Waals surface area contributed by atoms with Crippen molar-refractivity contribution in [2.45, 2.75) is 19.8 Å². The molecule has 0 unspecified atom stereocenters. The summed E-state index contributed by atoms with van der Waals surface area (Å²) in [6.07, 6.45) is 1.46. The zero-order chi connectivity index (χ0) is 18.7. The van der Waals surface area contributed by atoms with E-state index in [0.717, 1.165) is 37.2 Å². The van der Waals surface area contributed by atoms with Crippen LogP contribution < -0.4 is 10.2 Å². The molecule has 1 N–H and O–H groups in total. The molecular formula is C19H20ClN3O3. The number of hydrogen-bond acceptors (Lipinski definition) is 4. The fraction of sp³-hybridized carbons (Fsp3) is 0.316. The Hall–Kier alpha value is -2.60. The van der Waals surface area contributed by atoms with Crippen LogP contribution in [0.3, 0.4) is 0 Å². The van der Waals surface area contributed by atoms with Gasteiger partial charge >= 0.3 is 0 Å². The standard InChI is InChI=1S/C19H20ClN3O3/c1-13-5-6-17(23(25)26)12-18(13)21-19(24)14-7-9-22(10-8-14)16-4-2-3-15(20)11-16/h2-6,11-12,14H,7-10H2,1H3,(H,21,24). The normalized spacial score (nSPS) is 14.9. The quantitative estimate of drug-likeness (QED) is 0.636. The number of aryl methyl sites for hydroxylation is 1. The molecular weight excluding hydrogens is 354 g/mol. The molecule has 1 amide bonds. The molecule has 0 atom stereocenters. The van der Waals surface area contributed by atoms with E-state index in [1.807, 2.05) is 31.2 Å². The van der Waals surface area contributed by atoms with Crippen LogP contribution in [0.1, 0.15) is 18.4 Å². The fourth-order valence-electron chi connectivity index (χ4n) is 3.17. The number of rotatable bonds is 4. The van der Waals surface area contributed by atoms with Crippen LogP contribution in [-0.4, -0.2) is 23.9 Å². The van der Waals surface area contributed by atoms with Crippen molar-refractivity contribution >= 4 is 34.6 Å². The van der Waals surface area contributed by atoms with E-state index in [0.29, 0.717) is 10.7 Å². The molecule has 0 bridgehead atoms. The largest absolute Gasteiger partial charge is 0.371 e. The van der Waals surface area contributed by atoms with Crippen molar-refractivity contribution in [1.82, 2.24) is 0 Å². The molecule has 2 aromatic rings. The smallest absolute Gasteiger partial charge is 0.271 e. The SMILES string of the molecule is Cc1ccc([N+](=O)[O-])cc1NC(=O)C1CCN(c2cccc(Cl)c2)CC1. The van der Waals surface area contributed by atoms with E-state index < -0.39 is 4.92 Å². The van der Waals surface area contributed by atoms with Gasteiger partial charge in [0.15, 0.2) is 0 Å². The Morgan fingerprint density at radius 2 is 1.96 bits per heavy atom. The van der Waals surface area contributed by atoms with Crippen molar-refractivity contribution in [1.29, 1.82) is 0 Å². The van der Waals surface area contributed by atoms with Crippen LogP contribution in [-0.2, 0) is 4.79 Å². The Labute approximate surface area is 156 Å². The minimum atomic E-state index is -0.460. The number of non-ortho nitro benzene ring substituents is 1. The van der Waals surface area contributed by atoms with E-state index in [2.05, 4.69) is 10.2 Å².